The molecule has 3 saturated carbocycles. The normalized spacial score (nSPS) is 17.9. The maximum atomic E-state index is 12.3. The van der Waals surface area contributed by atoms with Crippen molar-refractivity contribution in [3.8, 4) is 17.2 Å². The van der Waals surface area contributed by atoms with Gasteiger partial charge in [-0.15, -0.1) is 0 Å². The summed E-state index contributed by atoms with van der Waals surface area (Å²) in [5.41, 5.74) is 7.93. The molecule has 9 atom stereocenters. The lowest BCUT2D eigenvalue weighted by molar-refractivity contribution is -0.167. The molecular weight excluding hydrogens is 1760 g/mol. The highest BCUT2D eigenvalue weighted by molar-refractivity contribution is 5.92. The van der Waals surface area contributed by atoms with E-state index in [-0.39, 0.29) is 64.8 Å². The fraction of sp³-hybridized carbons (Fsp3) is 0.560. The first-order chi connectivity index (χ1) is 66.1. The van der Waals surface area contributed by atoms with Gasteiger partial charge in [-0.25, -0.2) is 33.6 Å². The van der Waals surface area contributed by atoms with Crippen LogP contribution >= 0.6 is 0 Å². The lowest BCUT2D eigenvalue weighted by atomic mass is 9.90. The number of carbonyl (C=O) groups is 9. The summed E-state index contributed by atoms with van der Waals surface area (Å²) in [5, 5.41) is 9.01. The molecule has 23 nitrogen and oxygen atoms in total. The smallest absolute Gasteiger partial charge is 0.347 e. The molecule has 6 aliphatic rings. The van der Waals surface area contributed by atoms with Crippen LogP contribution in [0.3, 0.4) is 0 Å². The number of phenols is 1. The molecule has 6 aromatic rings. The van der Waals surface area contributed by atoms with E-state index in [4.69, 9.17) is 61.9 Å². The summed E-state index contributed by atoms with van der Waals surface area (Å²) in [6.07, 6.45) is 24.2. The molecule has 768 valence electrons. The average molecular weight is 1930 g/mol. The van der Waals surface area contributed by atoms with Crippen LogP contribution in [0.2, 0.25) is 0 Å². The minimum atomic E-state index is -0.728. The van der Waals surface area contributed by atoms with Crippen LogP contribution in [0.1, 0.15) is 395 Å². The first-order valence-electron chi connectivity index (χ1n) is 50.7. The number of aromatic hydroxyl groups is 1. The third kappa shape index (κ3) is 41.8. The van der Waals surface area contributed by atoms with Crippen LogP contribution in [0.5, 0.6) is 17.2 Å². The van der Waals surface area contributed by atoms with Gasteiger partial charge >= 0.3 is 53.7 Å². The largest absolute Gasteiger partial charge is 0.508 e. The van der Waals surface area contributed by atoms with Gasteiger partial charge in [-0.3, -0.25) is 9.59 Å². The molecule has 6 aromatic carbocycles. The van der Waals surface area contributed by atoms with Gasteiger partial charge in [0.25, 0.3) is 0 Å². The van der Waals surface area contributed by atoms with Crippen LogP contribution in [0.25, 0.3) is 12.2 Å². The fourth-order valence-corrected chi connectivity index (χ4v) is 15.1. The van der Waals surface area contributed by atoms with Gasteiger partial charge in [0, 0.05) is 38.0 Å². The highest BCUT2D eigenvalue weighted by atomic mass is 16.7. The van der Waals surface area contributed by atoms with Gasteiger partial charge in [0.1, 0.15) is 34.1 Å². The topological polar surface area (TPSA) is 294 Å². The van der Waals surface area contributed by atoms with Crippen LogP contribution in [-0.2, 0) is 80.9 Å². The number of hydrogen-bond acceptors (Lipinski definition) is 23. The van der Waals surface area contributed by atoms with Gasteiger partial charge in [0.2, 0.25) is 18.3 Å². The number of esters is 9. The molecule has 1 N–H and O–H groups in total. The van der Waals surface area contributed by atoms with Crippen molar-refractivity contribution >= 4 is 65.9 Å². The first-order valence-corrected chi connectivity index (χ1v) is 50.7. The quantitative estimate of drug-likeness (QED) is 0.0167. The lowest BCUT2D eigenvalue weighted by Gasteiger charge is -2.27. The van der Waals surface area contributed by atoms with Gasteiger partial charge < -0.3 is 66.7 Å². The monoisotopic (exact) mass is 1930 g/mol. The van der Waals surface area contributed by atoms with Crippen molar-refractivity contribution < 1.29 is 110 Å². The lowest BCUT2D eigenvalue weighted by Crippen LogP contribution is -2.32. The highest BCUT2D eigenvalue weighted by Gasteiger charge is 2.41. The molecule has 3 aliphatic carbocycles. The Labute approximate surface area is 831 Å². The van der Waals surface area contributed by atoms with Crippen molar-refractivity contribution in [2.75, 3.05) is 33.0 Å². The van der Waals surface area contributed by atoms with Crippen molar-refractivity contribution in [1.82, 2.24) is 0 Å². The number of hydrogen-bond donors (Lipinski definition) is 1. The number of carbonyl (C=O) groups excluding carboxylic acids is 9. The van der Waals surface area contributed by atoms with Crippen molar-refractivity contribution in [3.05, 3.63) is 221 Å². The van der Waals surface area contributed by atoms with E-state index in [1.165, 1.54) is 54.9 Å². The summed E-state index contributed by atoms with van der Waals surface area (Å²) in [6.45, 7) is 57.3. The molecule has 0 radical (unpaired) electrons. The minimum Gasteiger partial charge on any atom is -0.508 e. The van der Waals surface area contributed by atoms with Crippen LogP contribution in [0, 0.1) is 10.8 Å². The highest BCUT2D eigenvalue weighted by Crippen LogP contribution is 2.40. The van der Waals surface area contributed by atoms with E-state index >= 15 is 0 Å². The Balaban J connectivity index is 0.000000328. The Kier molecular flexibility index (Phi) is 54.0. The van der Waals surface area contributed by atoms with Crippen LogP contribution in [-0.4, -0.2) is 140 Å². The van der Waals surface area contributed by atoms with Crippen molar-refractivity contribution in [3.63, 3.8) is 0 Å². The molecule has 3 heterocycles. The molecule has 9 unspecified atom stereocenters. The van der Waals surface area contributed by atoms with Gasteiger partial charge in [-0.1, -0.05) is 195 Å². The number of rotatable bonds is 35. The van der Waals surface area contributed by atoms with E-state index in [0.29, 0.717) is 111 Å². The zero-order chi connectivity index (χ0) is 103. The SMILES string of the molecule is C=C(C)C(=O)OC1CCOC1=O.C=Cc1ccc(C(=O)OC2(CC)CCCC2)cc1.C=Cc1ccc(OC(C)OCC)cc1.CCC(C)(C)C(=O)OC1CCOC1=O.CCC(C)(C)C(=O)OC1CCOC1=O.CCC(C)c1ccc(C(=O)OC2(CC)CCCC2)cc1.CCC(C)c1ccc(C(=O)OC2(CC)CCCC2)cc1.CCC(C)c1ccc(O)cc1.CCOC(C)Oc1ccc(C(C)CC)cc1. The molecule has 139 heavy (non-hydrogen) atoms. The zero-order valence-electron chi connectivity index (χ0n) is 87.8. The zero-order valence-corrected chi connectivity index (χ0v) is 87.8. The summed E-state index contributed by atoms with van der Waals surface area (Å²) in [7, 11) is 0. The van der Waals surface area contributed by atoms with Crippen molar-refractivity contribution in [2.24, 2.45) is 10.8 Å². The number of phenolic OH excluding ortho intramolecular Hbond substituents is 1. The Bertz CT molecular complexity index is 4520. The molecule has 0 bridgehead atoms. The van der Waals surface area contributed by atoms with Crippen molar-refractivity contribution in [2.45, 2.75) is 378 Å². The minimum absolute atomic E-state index is 0.163. The van der Waals surface area contributed by atoms with Crippen molar-refractivity contribution in [1.29, 1.82) is 0 Å². The molecule has 3 saturated heterocycles. The summed E-state index contributed by atoms with van der Waals surface area (Å²) in [6, 6.07) is 46.7. The third-order valence-corrected chi connectivity index (χ3v) is 26.7. The standard InChI is InChI=1S/2C18H26O2.C16H20O2.C14H22O2.C12H16O2.2C10H16O4.C10H14O.C8H10O4/c2*1-4-14(3)15-8-10-16(11-9-15)17(19)20-18(5-2)12-6-7-13-18;1-3-13-7-9-14(10-8-13)15(17)18-16(4-2)11-5-6-12-16;1-5-11(3)13-7-9-14(10-8-13)16-12(4)15-6-2;1-4-11-6-8-12(9-7-11)14-10(3)13-5-2;2*1-4-10(2,3)9(12)14-7-5-6-13-8(7)11;1-3-8(2)9-4-6-10(11)7-5-9;1-5(2)7(9)12-6-3-4-11-8(6)10/h2*8-11,14H,4-7,12-13H2,1-3H3;3,7-10H,1,4-6,11-12H2,2H3;7-12H,5-6H2,1-4H3;4,6-10H,1,5H2,2-3H3;2*7H,4-6H2,1-3H3;4-8,11H,3H2,1-2H3;6H,1,3-4H2,2H3. The fourth-order valence-electron chi connectivity index (χ4n) is 15.1. The van der Waals surface area contributed by atoms with E-state index in [2.05, 4.69) is 137 Å². The van der Waals surface area contributed by atoms with Crippen LogP contribution < -0.4 is 9.47 Å². The summed E-state index contributed by atoms with van der Waals surface area (Å²) < 4.78 is 68.0. The molecule has 0 aromatic heterocycles. The predicted molar refractivity (Wildman–Crippen MR) is 549 cm³/mol. The Morgan fingerprint density at radius 2 is 0.647 bits per heavy atom. The summed E-state index contributed by atoms with van der Waals surface area (Å²) in [4.78, 5) is 104. The second kappa shape index (κ2) is 62.3. The predicted octanol–water partition coefficient (Wildman–Crippen LogP) is 27.3. The second-order valence-corrected chi connectivity index (χ2v) is 37.7. The molecule has 6 fully saturated rings. The molecule has 0 amide bonds. The summed E-state index contributed by atoms with van der Waals surface area (Å²) >= 11 is 0. The van der Waals surface area contributed by atoms with Crippen LogP contribution in [0.4, 0.5) is 0 Å². The molecular formula is C116H166O23. The first kappa shape index (κ1) is 120. The maximum Gasteiger partial charge on any atom is 0.347 e. The average Bonchev–Trinajstić information content (AvgIpc) is 1.77. The second-order valence-electron chi connectivity index (χ2n) is 37.7. The molecule has 3 aliphatic heterocycles. The maximum absolute atomic E-state index is 12.3. The van der Waals surface area contributed by atoms with Gasteiger partial charge in [0.05, 0.1) is 47.3 Å². The number of ether oxygens (including phenoxy) is 13. The Hall–Kier alpha value is -10.9. The van der Waals surface area contributed by atoms with Gasteiger partial charge in [-0.2, -0.15) is 0 Å². The van der Waals surface area contributed by atoms with Gasteiger partial charge in [-0.05, 0) is 327 Å². The van der Waals surface area contributed by atoms with E-state index in [9.17, 15) is 43.2 Å². The van der Waals surface area contributed by atoms with E-state index in [1.807, 2.05) is 126 Å². The van der Waals surface area contributed by atoms with E-state index in [0.717, 1.165) is 119 Å². The molecule has 12 rings (SSSR count). The Morgan fingerprint density at radius 3 is 0.885 bits per heavy atom. The third-order valence-electron chi connectivity index (χ3n) is 26.7. The number of cyclic esters (lactones) is 3. The van der Waals surface area contributed by atoms with Crippen LogP contribution in [0.15, 0.2) is 171 Å². The molecule has 0 spiro atoms. The van der Waals surface area contributed by atoms with E-state index in [1.54, 1.807) is 64.1 Å². The number of benzene rings is 6. The van der Waals surface area contributed by atoms with E-state index < -0.39 is 53.0 Å². The Morgan fingerprint density at radius 1 is 0.396 bits per heavy atom. The molecule has 23 heteroatoms. The van der Waals surface area contributed by atoms with Gasteiger partial charge in [0.15, 0.2) is 12.6 Å². The summed E-state index contributed by atoms with van der Waals surface area (Å²) in [5.74, 6) is 1.26.